The summed E-state index contributed by atoms with van der Waals surface area (Å²) in [4.78, 5) is 32.2. The smallest absolute Gasteiger partial charge is 0.252 e. The third-order valence-electron chi connectivity index (χ3n) is 5.01. The van der Waals surface area contributed by atoms with Crippen LogP contribution in [0.5, 0.6) is 0 Å². The molecule has 0 bridgehead atoms. The fourth-order valence-electron chi connectivity index (χ4n) is 3.48. The van der Waals surface area contributed by atoms with Gasteiger partial charge < -0.3 is 16.0 Å². The summed E-state index contributed by atoms with van der Waals surface area (Å²) in [6.45, 7) is 0. The number of rotatable bonds is 6. The molecule has 2 aromatic carbocycles. The molecule has 1 aliphatic heterocycles. The van der Waals surface area contributed by atoms with Gasteiger partial charge in [0.15, 0.2) is 0 Å². The standard InChI is InChI=1S/C22H23N7O/c1-29(2)21-26-18(25-20(23)27-21)12-13-22(14-24-17-11-7-6-10-16(17)22)28-19(30)15-8-4-3-5-9-15/h3-11,14H,12-13H2,1-2H3,(H,28,30)(H2,23,25,26,27). The monoisotopic (exact) mass is 401 g/mol. The second-order valence-electron chi connectivity index (χ2n) is 7.37. The number of nitrogens with one attached hydrogen (secondary N) is 1. The third-order valence-corrected chi connectivity index (χ3v) is 5.01. The fourth-order valence-corrected chi connectivity index (χ4v) is 3.48. The highest BCUT2D eigenvalue weighted by molar-refractivity contribution is 5.98. The van der Waals surface area contributed by atoms with E-state index < -0.39 is 5.54 Å². The van der Waals surface area contributed by atoms with Crippen molar-refractivity contribution in [3.63, 3.8) is 0 Å². The van der Waals surface area contributed by atoms with Crippen LogP contribution in [0.15, 0.2) is 59.6 Å². The van der Waals surface area contributed by atoms with E-state index in [2.05, 4.69) is 25.3 Å². The zero-order chi connectivity index (χ0) is 21.1. The van der Waals surface area contributed by atoms with Crippen molar-refractivity contribution < 1.29 is 4.79 Å². The van der Waals surface area contributed by atoms with Crippen LogP contribution in [-0.2, 0) is 12.0 Å². The molecule has 1 atom stereocenters. The van der Waals surface area contributed by atoms with Crippen molar-refractivity contribution in [1.29, 1.82) is 0 Å². The Balaban J connectivity index is 1.65. The highest BCUT2D eigenvalue weighted by Crippen LogP contribution is 2.38. The van der Waals surface area contributed by atoms with Gasteiger partial charge in [-0.1, -0.05) is 36.4 Å². The van der Waals surface area contributed by atoms with Gasteiger partial charge in [-0.2, -0.15) is 15.0 Å². The first-order chi connectivity index (χ1) is 14.5. The van der Waals surface area contributed by atoms with Gasteiger partial charge in [0, 0.05) is 37.9 Å². The van der Waals surface area contributed by atoms with Crippen molar-refractivity contribution in [2.75, 3.05) is 24.7 Å². The second kappa shape index (κ2) is 7.90. The van der Waals surface area contributed by atoms with Gasteiger partial charge in [0.2, 0.25) is 11.9 Å². The molecular weight excluding hydrogens is 378 g/mol. The van der Waals surface area contributed by atoms with E-state index in [0.29, 0.717) is 30.2 Å². The number of hydrogen-bond donors (Lipinski definition) is 2. The van der Waals surface area contributed by atoms with Gasteiger partial charge in [-0.25, -0.2) is 0 Å². The number of fused-ring (bicyclic) bond motifs is 1. The van der Waals surface area contributed by atoms with Crippen LogP contribution in [0.2, 0.25) is 0 Å². The van der Waals surface area contributed by atoms with Crippen molar-refractivity contribution in [2.24, 2.45) is 4.99 Å². The maximum Gasteiger partial charge on any atom is 0.252 e. The molecule has 0 aliphatic carbocycles. The van der Waals surface area contributed by atoms with Crippen molar-refractivity contribution in [3.8, 4) is 0 Å². The van der Waals surface area contributed by atoms with Gasteiger partial charge in [-0.3, -0.25) is 9.79 Å². The minimum absolute atomic E-state index is 0.164. The van der Waals surface area contributed by atoms with Gasteiger partial charge in [-0.05, 0) is 24.6 Å². The molecule has 1 unspecified atom stereocenters. The summed E-state index contributed by atoms with van der Waals surface area (Å²) in [5.41, 5.74) is 7.48. The van der Waals surface area contributed by atoms with Crippen LogP contribution < -0.4 is 16.0 Å². The van der Waals surface area contributed by atoms with Crippen molar-refractivity contribution in [1.82, 2.24) is 20.3 Å². The Kier molecular flexibility index (Phi) is 5.14. The lowest BCUT2D eigenvalue weighted by Gasteiger charge is -2.29. The summed E-state index contributed by atoms with van der Waals surface area (Å²) in [6, 6.07) is 16.9. The van der Waals surface area contributed by atoms with Gasteiger partial charge in [-0.15, -0.1) is 0 Å². The molecule has 30 heavy (non-hydrogen) atoms. The summed E-state index contributed by atoms with van der Waals surface area (Å²) in [6.07, 6.45) is 2.82. The lowest BCUT2D eigenvalue weighted by molar-refractivity contribution is 0.0921. The minimum atomic E-state index is -0.761. The second-order valence-corrected chi connectivity index (χ2v) is 7.37. The molecule has 152 valence electrons. The lowest BCUT2D eigenvalue weighted by Crippen LogP contribution is -2.46. The van der Waals surface area contributed by atoms with Gasteiger partial charge in [0.05, 0.1) is 5.69 Å². The van der Waals surface area contributed by atoms with Gasteiger partial charge in [0.25, 0.3) is 5.91 Å². The molecule has 1 amide bonds. The number of benzene rings is 2. The van der Waals surface area contributed by atoms with E-state index in [4.69, 9.17) is 5.73 Å². The van der Waals surface area contributed by atoms with E-state index in [1.807, 2.05) is 56.6 Å². The average molecular weight is 401 g/mol. The lowest BCUT2D eigenvalue weighted by atomic mass is 9.86. The minimum Gasteiger partial charge on any atom is -0.368 e. The highest BCUT2D eigenvalue weighted by atomic mass is 16.1. The number of nitrogens with two attached hydrogens (primary N) is 1. The number of aryl methyl sites for hydroxylation is 1. The molecule has 0 saturated carbocycles. The van der Waals surface area contributed by atoms with Crippen LogP contribution in [-0.4, -0.2) is 41.2 Å². The summed E-state index contributed by atoms with van der Waals surface area (Å²) in [7, 11) is 3.69. The number of aromatic nitrogens is 3. The van der Waals surface area contributed by atoms with Gasteiger partial charge >= 0.3 is 0 Å². The van der Waals surface area contributed by atoms with Crippen molar-refractivity contribution in [3.05, 3.63) is 71.5 Å². The van der Waals surface area contributed by atoms with E-state index in [9.17, 15) is 4.79 Å². The van der Waals surface area contributed by atoms with E-state index in [-0.39, 0.29) is 11.9 Å². The van der Waals surface area contributed by atoms with Crippen LogP contribution in [0.25, 0.3) is 0 Å². The number of aliphatic imine (C=N–C) groups is 1. The molecule has 1 aliphatic rings. The third kappa shape index (κ3) is 3.84. The quantitative estimate of drug-likeness (QED) is 0.657. The number of carbonyl (C=O) groups excluding carboxylic acids is 1. The predicted molar refractivity (Wildman–Crippen MR) is 117 cm³/mol. The van der Waals surface area contributed by atoms with Crippen LogP contribution in [0.3, 0.4) is 0 Å². The number of nitrogen functional groups attached to an aromatic ring is 1. The van der Waals surface area contributed by atoms with Crippen molar-refractivity contribution in [2.45, 2.75) is 18.4 Å². The average Bonchev–Trinajstić information content (AvgIpc) is 3.11. The zero-order valence-electron chi connectivity index (χ0n) is 16.9. The fraction of sp³-hybridized carbons (Fsp3) is 0.227. The van der Waals surface area contributed by atoms with Crippen molar-refractivity contribution >= 4 is 29.7 Å². The van der Waals surface area contributed by atoms with E-state index in [1.165, 1.54) is 0 Å². The summed E-state index contributed by atoms with van der Waals surface area (Å²) in [5, 5.41) is 3.19. The highest BCUT2D eigenvalue weighted by Gasteiger charge is 2.38. The molecule has 0 spiro atoms. The first kappa shape index (κ1) is 19.5. The zero-order valence-corrected chi connectivity index (χ0v) is 16.9. The normalized spacial score (nSPS) is 16.9. The Labute approximate surface area is 174 Å². The Morgan fingerprint density at radius 3 is 2.53 bits per heavy atom. The summed E-state index contributed by atoms with van der Waals surface area (Å²) < 4.78 is 0. The molecule has 0 saturated heterocycles. The number of para-hydroxylation sites is 1. The molecule has 8 nitrogen and oxygen atoms in total. The molecule has 3 aromatic rings. The van der Waals surface area contributed by atoms with E-state index in [0.717, 1.165) is 11.3 Å². The molecule has 0 radical (unpaired) electrons. The molecule has 3 N–H and O–H groups in total. The Morgan fingerprint density at radius 1 is 1.03 bits per heavy atom. The summed E-state index contributed by atoms with van der Waals surface area (Å²) in [5.74, 6) is 1.08. The number of hydrogen-bond acceptors (Lipinski definition) is 7. The topological polar surface area (TPSA) is 109 Å². The molecule has 4 rings (SSSR count). The van der Waals surface area contributed by atoms with Crippen LogP contribution in [0.4, 0.5) is 17.6 Å². The van der Waals surface area contributed by atoms with E-state index in [1.54, 1.807) is 23.2 Å². The maximum atomic E-state index is 13.0. The first-order valence-corrected chi connectivity index (χ1v) is 9.67. The molecule has 0 fully saturated rings. The number of nitrogens with zero attached hydrogens (tertiary/aromatic N) is 5. The largest absolute Gasteiger partial charge is 0.368 e. The Hall–Kier alpha value is -3.81. The van der Waals surface area contributed by atoms with Gasteiger partial charge in [0.1, 0.15) is 11.4 Å². The Morgan fingerprint density at radius 2 is 1.77 bits per heavy atom. The van der Waals surface area contributed by atoms with E-state index >= 15 is 0 Å². The molecular formula is C22H23N7O. The first-order valence-electron chi connectivity index (χ1n) is 9.67. The SMILES string of the molecule is CN(C)c1nc(N)nc(CCC2(NC(=O)c3ccccc3)C=Nc3ccccc32)n1. The Bertz CT molecular complexity index is 1100. The molecule has 8 heteroatoms. The van der Waals surface area contributed by atoms with Crippen LogP contribution >= 0.6 is 0 Å². The number of anilines is 2. The summed E-state index contributed by atoms with van der Waals surface area (Å²) >= 11 is 0. The van der Waals surface area contributed by atoms with Crippen LogP contribution in [0.1, 0.15) is 28.2 Å². The predicted octanol–water partition coefficient (Wildman–Crippen LogP) is 2.49. The number of carbonyl (C=O) groups is 1. The maximum absolute atomic E-state index is 13.0. The van der Waals surface area contributed by atoms with Crippen LogP contribution in [0, 0.1) is 0 Å². The molecule has 2 heterocycles. The molecule has 1 aromatic heterocycles. The number of amides is 1.